The normalized spacial score (nSPS) is 13.0. The molecule has 0 fully saturated rings. The maximum Gasteiger partial charge on any atom is 0.270 e. The molecule has 2 atom stereocenters. The van der Waals surface area contributed by atoms with Crippen molar-refractivity contribution in [2.75, 3.05) is 5.75 Å². The van der Waals surface area contributed by atoms with Crippen LogP contribution in [0.15, 0.2) is 71.6 Å². The maximum absolute atomic E-state index is 12.5. The van der Waals surface area contributed by atoms with Gasteiger partial charge in [-0.2, -0.15) is 0 Å². The lowest BCUT2D eigenvalue weighted by atomic mass is 10.2. The highest BCUT2D eigenvalue weighted by atomic mass is 32.2. The van der Waals surface area contributed by atoms with E-state index in [0.29, 0.717) is 10.4 Å². The van der Waals surface area contributed by atoms with Gasteiger partial charge in [0.25, 0.3) is 5.91 Å². The highest BCUT2D eigenvalue weighted by Crippen LogP contribution is 2.12. The van der Waals surface area contributed by atoms with E-state index in [1.54, 1.807) is 42.5 Å². The van der Waals surface area contributed by atoms with Crippen molar-refractivity contribution in [3.05, 3.63) is 72.4 Å². The van der Waals surface area contributed by atoms with Crippen molar-refractivity contribution in [2.45, 2.75) is 17.4 Å². The number of benzene rings is 2. The van der Waals surface area contributed by atoms with Crippen LogP contribution in [-0.2, 0) is 15.6 Å². The maximum atomic E-state index is 12.5. The van der Waals surface area contributed by atoms with E-state index in [0.717, 1.165) is 5.39 Å². The van der Waals surface area contributed by atoms with Crippen molar-refractivity contribution in [1.82, 2.24) is 10.3 Å². The first-order valence-corrected chi connectivity index (χ1v) is 9.76. The van der Waals surface area contributed by atoms with E-state index in [-0.39, 0.29) is 17.9 Å². The molecule has 0 saturated heterocycles. The number of pyridine rings is 1. The minimum atomic E-state index is -1.27. The van der Waals surface area contributed by atoms with Gasteiger partial charge in [-0.05, 0) is 30.7 Å². The summed E-state index contributed by atoms with van der Waals surface area (Å²) >= 11 is 0. The smallest absolute Gasteiger partial charge is 0.270 e. The molecule has 1 heterocycles. The molecule has 27 heavy (non-hydrogen) atoms. The first kappa shape index (κ1) is 18.7. The average molecular weight is 381 g/mol. The van der Waals surface area contributed by atoms with E-state index in [1.807, 2.05) is 24.3 Å². The Balaban J connectivity index is 1.67. The zero-order chi connectivity index (χ0) is 19.2. The molecule has 0 unspecified atom stereocenters. The average Bonchev–Trinajstić information content (AvgIpc) is 2.70. The van der Waals surface area contributed by atoms with Gasteiger partial charge >= 0.3 is 0 Å². The Labute approximate surface area is 159 Å². The molecule has 0 aliphatic carbocycles. The van der Waals surface area contributed by atoms with Gasteiger partial charge in [-0.25, -0.2) is 4.98 Å². The largest absolute Gasteiger partial charge is 0.368 e. The quantitative estimate of drug-likeness (QED) is 0.653. The molecule has 6 nitrogen and oxygen atoms in total. The molecule has 0 spiro atoms. The summed E-state index contributed by atoms with van der Waals surface area (Å²) < 4.78 is 12.3. The van der Waals surface area contributed by atoms with E-state index in [9.17, 15) is 13.8 Å². The third kappa shape index (κ3) is 4.77. The van der Waals surface area contributed by atoms with Gasteiger partial charge in [-0.3, -0.25) is 13.8 Å². The van der Waals surface area contributed by atoms with Crippen LogP contribution in [-0.4, -0.2) is 32.8 Å². The molecular weight excluding hydrogens is 362 g/mol. The van der Waals surface area contributed by atoms with Crippen molar-refractivity contribution >= 4 is 33.5 Å². The second kappa shape index (κ2) is 8.55. The Morgan fingerprint density at radius 3 is 2.44 bits per heavy atom. The van der Waals surface area contributed by atoms with Gasteiger partial charge in [0, 0.05) is 16.0 Å². The monoisotopic (exact) mass is 381 g/mol. The van der Waals surface area contributed by atoms with Crippen molar-refractivity contribution < 1.29 is 13.8 Å². The predicted molar refractivity (Wildman–Crippen MR) is 105 cm³/mol. The lowest BCUT2D eigenvalue weighted by Gasteiger charge is -2.15. The number of nitrogens with one attached hydrogen (secondary N) is 1. The number of hydrogen-bond acceptors (Lipinski definition) is 4. The third-order valence-electron chi connectivity index (χ3n) is 4.08. The van der Waals surface area contributed by atoms with Gasteiger partial charge in [0.1, 0.15) is 11.7 Å². The lowest BCUT2D eigenvalue weighted by molar-refractivity contribution is -0.119. The van der Waals surface area contributed by atoms with E-state index >= 15 is 0 Å². The summed E-state index contributed by atoms with van der Waals surface area (Å²) in [4.78, 5) is 29.2. The summed E-state index contributed by atoms with van der Waals surface area (Å²) in [7, 11) is -1.27. The molecule has 2 amide bonds. The van der Waals surface area contributed by atoms with Crippen LogP contribution in [0, 0.1) is 0 Å². The molecule has 0 radical (unpaired) electrons. The van der Waals surface area contributed by atoms with Crippen LogP contribution < -0.4 is 11.1 Å². The van der Waals surface area contributed by atoms with Gasteiger partial charge in [0.05, 0.1) is 16.3 Å². The van der Waals surface area contributed by atoms with Crippen LogP contribution in [0.3, 0.4) is 0 Å². The Hall–Kier alpha value is -3.06. The van der Waals surface area contributed by atoms with Gasteiger partial charge in [0.15, 0.2) is 0 Å². The molecule has 3 aromatic rings. The summed E-state index contributed by atoms with van der Waals surface area (Å²) in [5, 5.41) is 3.51. The number of rotatable bonds is 7. The van der Waals surface area contributed by atoms with Crippen molar-refractivity contribution in [2.24, 2.45) is 5.73 Å². The molecule has 0 bridgehead atoms. The molecule has 7 heteroatoms. The fourth-order valence-corrected chi connectivity index (χ4v) is 3.77. The van der Waals surface area contributed by atoms with E-state index < -0.39 is 28.7 Å². The number of nitrogens with zero attached hydrogens (tertiary/aromatic N) is 1. The molecule has 0 saturated carbocycles. The topological polar surface area (TPSA) is 102 Å². The number of nitrogens with two attached hydrogens (primary N) is 1. The molecular formula is C20H19N3O3S. The lowest BCUT2D eigenvalue weighted by Crippen LogP contribution is -2.45. The Bertz CT molecular complexity index is 992. The number of hydrogen-bond donors (Lipinski definition) is 2. The van der Waals surface area contributed by atoms with Crippen LogP contribution in [0.1, 0.15) is 16.9 Å². The molecule has 138 valence electrons. The first-order valence-electron chi connectivity index (χ1n) is 8.44. The van der Waals surface area contributed by atoms with Crippen LogP contribution in [0.5, 0.6) is 0 Å². The number of fused-ring (bicyclic) bond motifs is 1. The van der Waals surface area contributed by atoms with Crippen LogP contribution >= 0.6 is 0 Å². The fraction of sp³-hybridized carbons (Fsp3) is 0.150. The van der Waals surface area contributed by atoms with Crippen LogP contribution in [0.2, 0.25) is 0 Å². The summed E-state index contributed by atoms with van der Waals surface area (Å²) in [6.07, 6.45) is 0.177. The predicted octanol–water partition coefficient (Wildman–Crippen LogP) is 2.02. The van der Waals surface area contributed by atoms with E-state index in [2.05, 4.69) is 10.3 Å². The fourth-order valence-electron chi connectivity index (χ4n) is 2.63. The number of amides is 2. The Morgan fingerprint density at radius 1 is 1.00 bits per heavy atom. The van der Waals surface area contributed by atoms with Gasteiger partial charge in [0.2, 0.25) is 5.91 Å². The standard InChI is InChI=1S/C20H19N3O3S/c21-19(24)17(12-13-27(26)15-7-2-1-3-8-15)23-20(25)18-11-10-14-6-4-5-9-16(14)22-18/h1-11,17H,12-13H2,(H2,21,24)(H,23,25)/t17-,27-/m1/s1. The van der Waals surface area contributed by atoms with Crippen molar-refractivity contribution in [3.8, 4) is 0 Å². The zero-order valence-corrected chi connectivity index (χ0v) is 15.3. The van der Waals surface area contributed by atoms with Gasteiger partial charge in [-0.1, -0.05) is 42.5 Å². The minimum absolute atomic E-state index is 0.177. The second-order valence-electron chi connectivity index (χ2n) is 5.97. The van der Waals surface area contributed by atoms with Gasteiger partial charge < -0.3 is 11.1 Å². The zero-order valence-electron chi connectivity index (χ0n) is 14.5. The highest BCUT2D eigenvalue weighted by molar-refractivity contribution is 7.85. The van der Waals surface area contributed by atoms with Crippen LogP contribution in [0.4, 0.5) is 0 Å². The SMILES string of the molecule is NC(=O)[C@@H](CC[S@@](=O)c1ccccc1)NC(=O)c1ccc2ccccc2n1. The number of carbonyl (C=O) groups is 2. The number of para-hydroxylation sites is 1. The summed E-state index contributed by atoms with van der Waals surface area (Å²) in [6, 6.07) is 18.8. The van der Waals surface area contributed by atoms with Crippen molar-refractivity contribution in [1.29, 1.82) is 0 Å². The van der Waals surface area contributed by atoms with Gasteiger partial charge in [-0.15, -0.1) is 0 Å². The molecule has 3 rings (SSSR count). The molecule has 0 aliphatic heterocycles. The number of aromatic nitrogens is 1. The first-order chi connectivity index (χ1) is 13.0. The van der Waals surface area contributed by atoms with E-state index in [4.69, 9.17) is 5.73 Å². The number of primary amides is 1. The van der Waals surface area contributed by atoms with Crippen LogP contribution in [0.25, 0.3) is 10.9 Å². The van der Waals surface area contributed by atoms with E-state index in [1.165, 1.54) is 0 Å². The summed E-state index contributed by atoms with van der Waals surface area (Å²) in [5.74, 6) is -0.951. The number of carbonyl (C=O) groups excluding carboxylic acids is 2. The Morgan fingerprint density at radius 2 is 1.70 bits per heavy atom. The summed E-state index contributed by atoms with van der Waals surface area (Å²) in [6.45, 7) is 0. The highest BCUT2D eigenvalue weighted by Gasteiger charge is 2.21. The molecule has 3 N–H and O–H groups in total. The third-order valence-corrected chi connectivity index (χ3v) is 5.48. The minimum Gasteiger partial charge on any atom is -0.368 e. The molecule has 2 aromatic carbocycles. The molecule has 0 aliphatic rings. The summed E-state index contributed by atoms with van der Waals surface area (Å²) in [5.41, 5.74) is 6.29. The second-order valence-corrected chi connectivity index (χ2v) is 7.54. The molecule has 1 aromatic heterocycles. The van der Waals surface area contributed by atoms with Crippen molar-refractivity contribution in [3.63, 3.8) is 0 Å². The Kier molecular flexibility index (Phi) is 5.93.